The van der Waals surface area contributed by atoms with Gasteiger partial charge in [-0.1, -0.05) is 13.0 Å². The third-order valence-electron chi connectivity index (χ3n) is 4.23. The van der Waals surface area contributed by atoms with Crippen molar-refractivity contribution in [2.24, 2.45) is 5.92 Å². The number of nitrogens with zero attached hydrogens (tertiary/aromatic N) is 3. The molecule has 1 aromatic rings. The second-order valence-electron chi connectivity index (χ2n) is 6.17. The van der Waals surface area contributed by atoms with Gasteiger partial charge in [-0.15, -0.1) is 0 Å². The van der Waals surface area contributed by atoms with Crippen LogP contribution in [0.1, 0.15) is 38.7 Å². The second kappa shape index (κ2) is 7.77. The molecule has 1 saturated heterocycles. The maximum Gasteiger partial charge on any atom is 0.224 e. The minimum absolute atomic E-state index is 0.0965. The standard InChI is InChI=1S/C18H23N3O2/c1-14-5-4-9-20(13-14)18(23)8-10-21(15(2)22)17-7-3-6-16(11-17)12-19/h3,6-7,11,14H,4-5,8-10,13H2,1-2H3. The summed E-state index contributed by atoms with van der Waals surface area (Å²) in [5.74, 6) is 0.517. The predicted octanol–water partition coefficient (Wildman–Crippen LogP) is 2.56. The lowest BCUT2D eigenvalue weighted by molar-refractivity contribution is -0.132. The number of carbonyl (C=O) groups excluding carboxylic acids is 2. The van der Waals surface area contributed by atoms with Gasteiger partial charge in [-0.2, -0.15) is 5.26 Å². The van der Waals surface area contributed by atoms with E-state index in [0.717, 1.165) is 19.5 Å². The normalized spacial score (nSPS) is 17.4. The number of benzene rings is 1. The molecule has 0 radical (unpaired) electrons. The molecule has 5 nitrogen and oxygen atoms in total. The number of nitriles is 1. The number of rotatable bonds is 4. The minimum Gasteiger partial charge on any atom is -0.342 e. The molecule has 0 aromatic heterocycles. The molecule has 0 saturated carbocycles. The number of amides is 2. The first-order chi connectivity index (χ1) is 11.0. The van der Waals surface area contributed by atoms with Gasteiger partial charge in [0.1, 0.15) is 0 Å². The van der Waals surface area contributed by atoms with Crippen molar-refractivity contribution >= 4 is 17.5 Å². The molecule has 0 aliphatic carbocycles. The first-order valence-corrected chi connectivity index (χ1v) is 8.07. The van der Waals surface area contributed by atoms with Crippen LogP contribution in [0.15, 0.2) is 24.3 Å². The highest BCUT2D eigenvalue weighted by Crippen LogP contribution is 2.19. The SMILES string of the molecule is CC(=O)N(CCC(=O)N1CCCC(C)C1)c1cccc(C#N)c1. The van der Waals surface area contributed by atoms with Gasteiger partial charge in [0.15, 0.2) is 0 Å². The van der Waals surface area contributed by atoms with E-state index in [9.17, 15) is 9.59 Å². The van der Waals surface area contributed by atoms with E-state index in [1.165, 1.54) is 13.3 Å². The Morgan fingerprint density at radius 1 is 1.43 bits per heavy atom. The van der Waals surface area contributed by atoms with Crippen molar-refractivity contribution in [1.82, 2.24) is 4.90 Å². The molecule has 0 N–H and O–H groups in total. The second-order valence-corrected chi connectivity index (χ2v) is 6.17. The first-order valence-electron chi connectivity index (χ1n) is 8.07. The van der Waals surface area contributed by atoms with E-state index in [1.54, 1.807) is 29.2 Å². The molecule has 2 amide bonds. The van der Waals surface area contributed by atoms with Crippen LogP contribution in [0.25, 0.3) is 0 Å². The van der Waals surface area contributed by atoms with Gasteiger partial charge in [0.05, 0.1) is 11.6 Å². The van der Waals surface area contributed by atoms with Gasteiger partial charge in [-0.05, 0) is 37.0 Å². The summed E-state index contributed by atoms with van der Waals surface area (Å²) in [6.45, 7) is 5.60. The van der Waals surface area contributed by atoms with Crippen molar-refractivity contribution in [3.05, 3.63) is 29.8 Å². The number of piperidine rings is 1. The molecule has 0 bridgehead atoms. The lowest BCUT2D eigenvalue weighted by Gasteiger charge is -2.31. The molecule has 1 heterocycles. The van der Waals surface area contributed by atoms with Gasteiger partial charge in [0.25, 0.3) is 0 Å². The number of anilines is 1. The lowest BCUT2D eigenvalue weighted by Crippen LogP contribution is -2.41. The zero-order valence-corrected chi connectivity index (χ0v) is 13.8. The Morgan fingerprint density at radius 3 is 2.87 bits per heavy atom. The molecule has 23 heavy (non-hydrogen) atoms. The summed E-state index contributed by atoms with van der Waals surface area (Å²) in [7, 11) is 0. The summed E-state index contributed by atoms with van der Waals surface area (Å²) in [6, 6.07) is 8.98. The predicted molar refractivity (Wildman–Crippen MR) is 88.8 cm³/mol. The van der Waals surface area contributed by atoms with Crippen molar-refractivity contribution in [1.29, 1.82) is 5.26 Å². The fourth-order valence-electron chi connectivity index (χ4n) is 2.99. The van der Waals surface area contributed by atoms with E-state index in [2.05, 4.69) is 13.0 Å². The molecule has 1 unspecified atom stereocenters. The third-order valence-corrected chi connectivity index (χ3v) is 4.23. The molecule has 1 fully saturated rings. The van der Waals surface area contributed by atoms with Crippen molar-refractivity contribution in [2.75, 3.05) is 24.5 Å². The molecule has 122 valence electrons. The van der Waals surface area contributed by atoms with Gasteiger partial charge in [-0.25, -0.2) is 0 Å². The monoisotopic (exact) mass is 313 g/mol. The summed E-state index contributed by atoms with van der Waals surface area (Å²) >= 11 is 0. The fourth-order valence-corrected chi connectivity index (χ4v) is 2.99. The molecular weight excluding hydrogens is 290 g/mol. The first kappa shape index (κ1) is 17.0. The van der Waals surface area contributed by atoms with E-state index < -0.39 is 0 Å². The van der Waals surface area contributed by atoms with Gasteiger partial charge in [0.2, 0.25) is 11.8 Å². The molecule has 1 atom stereocenters. The number of carbonyl (C=O) groups is 2. The summed E-state index contributed by atoms with van der Waals surface area (Å²) in [6.07, 6.45) is 2.53. The van der Waals surface area contributed by atoms with Crippen molar-refractivity contribution < 1.29 is 9.59 Å². The Morgan fingerprint density at radius 2 is 2.22 bits per heavy atom. The zero-order valence-electron chi connectivity index (χ0n) is 13.8. The Labute approximate surface area is 137 Å². The summed E-state index contributed by atoms with van der Waals surface area (Å²) in [4.78, 5) is 27.7. The van der Waals surface area contributed by atoms with Gasteiger partial charge in [0, 0.05) is 38.7 Å². The highest BCUT2D eigenvalue weighted by Gasteiger charge is 2.22. The average molecular weight is 313 g/mol. The van der Waals surface area contributed by atoms with Crippen LogP contribution in [0.2, 0.25) is 0 Å². The fraction of sp³-hybridized carbons (Fsp3) is 0.500. The topological polar surface area (TPSA) is 64.4 Å². The van der Waals surface area contributed by atoms with Crippen LogP contribution in [0, 0.1) is 17.2 Å². The Hall–Kier alpha value is -2.35. The highest BCUT2D eigenvalue weighted by atomic mass is 16.2. The van der Waals surface area contributed by atoms with Gasteiger partial charge >= 0.3 is 0 Å². The smallest absolute Gasteiger partial charge is 0.224 e. The zero-order chi connectivity index (χ0) is 16.8. The maximum atomic E-state index is 12.4. The van der Waals surface area contributed by atoms with E-state index in [0.29, 0.717) is 30.1 Å². The number of hydrogen-bond donors (Lipinski definition) is 0. The summed E-state index contributed by atoms with van der Waals surface area (Å²) < 4.78 is 0. The largest absolute Gasteiger partial charge is 0.342 e. The van der Waals surface area contributed by atoms with Crippen LogP contribution in [-0.4, -0.2) is 36.3 Å². The Balaban J connectivity index is 2.01. The highest BCUT2D eigenvalue weighted by molar-refractivity contribution is 5.92. The molecule has 1 aliphatic heterocycles. The molecular formula is C18H23N3O2. The van der Waals surface area contributed by atoms with Gasteiger partial charge in [-0.3, -0.25) is 9.59 Å². The molecule has 1 aliphatic rings. The van der Waals surface area contributed by atoms with Crippen LogP contribution < -0.4 is 4.90 Å². The van der Waals surface area contributed by atoms with E-state index >= 15 is 0 Å². The van der Waals surface area contributed by atoms with Crippen LogP contribution in [0.5, 0.6) is 0 Å². The summed E-state index contributed by atoms with van der Waals surface area (Å²) in [5.41, 5.74) is 1.17. The quantitative estimate of drug-likeness (QED) is 0.858. The lowest BCUT2D eigenvalue weighted by atomic mass is 10.00. The van der Waals surface area contributed by atoms with Crippen molar-refractivity contribution in [3.63, 3.8) is 0 Å². The average Bonchev–Trinajstić information content (AvgIpc) is 2.54. The summed E-state index contributed by atoms with van der Waals surface area (Å²) in [5, 5.41) is 8.98. The van der Waals surface area contributed by atoms with Crippen molar-refractivity contribution in [2.45, 2.75) is 33.1 Å². The van der Waals surface area contributed by atoms with Crippen molar-refractivity contribution in [3.8, 4) is 6.07 Å². The van der Waals surface area contributed by atoms with Crippen LogP contribution in [0.3, 0.4) is 0 Å². The molecule has 5 heteroatoms. The number of hydrogen-bond acceptors (Lipinski definition) is 3. The van der Waals surface area contributed by atoms with Gasteiger partial charge < -0.3 is 9.80 Å². The Bertz CT molecular complexity index is 621. The van der Waals surface area contributed by atoms with Crippen LogP contribution in [-0.2, 0) is 9.59 Å². The molecule has 1 aromatic carbocycles. The maximum absolute atomic E-state index is 12.4. The van der Waals surface area contributed by atoms with E-state index in [-0.39, 0.29) is 11.8 Å². The van der Waals surface area contributed by atoms with E-state index in [1.807, 2.05) is 4.90 Å². The molecule has 0 spiro atoms. The van der Waals surface area contributed by atoms with Crippen LogP contribution in [0.4, 0.5) is 5.69 Å². The van der Waals surface area contributed by atoms with E-state index in [4.69, 9.17) is 5.26 Å². The van der Waals surface area contributed by atoms with Crippen LogP contribution >= 0.6 is 0 Å². The Kier molecular flexibility index (Phi) is 5.75. The number of likely N-dealkylation sites (tertiary alicyclic amines) is 1. The molecule has 2 rings (SSSR count). The third kappa shape index (κ3) is 4.56. The minimum atomic E-state index is -0.125.